The lowest BCUT2D eigenvalue weighted by Crippen LogP contribution is -2.11. The lowest BCUT2D eigenvalue weighted by Gasteiger charge is -2.07. The molecular weight excluding hydrogens is 461 g/mol. The first-order valence-electron chi connectivity index (χ1n) is 8.83. The Balaban J connectivity index is 1.44. The number of nitrogens with zero attached hydrogens (tertiary/aromatic N) is 1. The number of hydrogen-bond donors (Lipinski definition) is 2. The second-order valence-corrected chi connectivity index (χ2v) is 8.44. The van der Waals surface area contributed by atoms with Gasteiger partial charge in [0.2, 0.25) is 0 Å². The molecule has 2 N–H and O–H groups in total. The van der Waals surface area contributed by atoms with Crippen molar-refractivity contribution in [2.45, 2.75) is 0 Å². The van der Waals surface area contributed by atoms with Gasteiger partial charge in [-0.25, -0.2) is 4.98 Å². The zero-order valence-corrected chi connectivity index (χ0v) is 18.4. The molecule has 4 rings (SSSR count). The van der Waals surface area contributed by atoms with Crippen molar-refractivity contribution in [3.8, 4) is 11.3 Å². The predicted octanol–water partition coefficient (Wildman–Crippen LogP) is 7.77. The number of amides is 1. The topological polar surface area (TPSA) is 54.0 Å². The van der Waals surface area contributed by atoms with Crippen LogP contribution in [0.4, 0.5) is 16.5 Å². The summed E-state index contributed by atoms with van der Waals surface area (Å²) < 4.78 is 0. The molecule has 0 bridgehead atoms. The molecule has 0 saturated carbocycles. The third kappa shape index (κ3) is 4.94. The van der Waals surface area contributed by atoms with Crippen molar-refractivity contribution in [3.63, 3.8) is 0 Å². The van der Waals surface area contributed by atoms with Gasteiger partial charge < -0.3 is 10.6 Å². The summed E-state index contributed by atoms with van der Waals surface area (Å²) in [7, 11) is 0. The van der Waals surface area contributed by atoms with Crippen molar-refractivity contribution in [1.82, 2.24) is 4.98 Å². The number of halogens is 3. The summed E-state index contributed by atoms with van der Waals surface area (Å²) in [6.07, 6.45) is 0. The van der Waals surface area contributed by atoms with Crippen LogP contribution in [-0.2, 0) is 0 Å². The van der Waals surface area contributed by atoms with Gasteiger partial charge in [-0.1, -0.05) is 53.0 Å². The van der Waals surface area contributed by atoms with Crippen molar-refractivity contribution in [2.24, 2.45) is 0 Å². The average molecular weight is 475 g/mol. The number of hydrogen-bond acceptors (Lipinski definition) is 4. The quantitative estimate of drug-likeness (QED) is 0.311. The summed E-state index contributed by atoms with van der Waals surface area (Å²) in [4.78, 5) is 17.0. The number of carbonyl (C=O) groups is 1. The Kier molecular flexibility index (Phi) is 6.25. The second-order valence-electron chi connectivity index (χ2n) is 6.33. The standard InChI is InChI=1S/C22H14Cl3N3OS/c23-15-2-1-3-17(11-15)27-22-28-20(12-30-22)13-4-7-16(8-5-13)26-21(29)14-6-9-18(24)19(25)10-14/h1-12H,(H,26,29)(H,27,28). The van der Waals surface area contributed by atoms with Crippen molar-refractivity contribution in [2.75, 3.05) is 10.6 Å². The van der Waals surface area contributed by atoms with E-state index >= 15 is 0 Å². The van der Waals surface area contributed by atoms with Gasteiger partial charge in [0.25, 0.3) is 5.91 Å². The van der Waals surface area contributed by atoms with E-state index in [9.17, 15) is 4.79 Å². The maximum absolute atomic E-state index is 12.4. The van der Waals surface area contributed by atoms with E-state index in [1.807, 2.05) is 53.9 Å². The molecule has 0 aliphatic heterocycles. The molecule has 0 atom stereocenters. The van der Waals surface area contributed by atoms with Gasteiger partial charge >= 0.3 is 0 Å². The first kappa shape index (κ1) is 20.7. The van der Waals surface area contributed by atoms with Crippen LogP contribution in [0.5, 0.6) is 0 Å². The monoisotopic (exact) mass is 473 g/mol. The van der Waals surface area contributed by atoms with Gasteiger partial charge in [-0.15, -0.1) is 11.3 Å². The van der Waals surface area contributed by atoms with E-state index in [1.54, 1.807) is 12.1 Å². The number of anilines is 3. The second kappa shape index (κ2) is 9.06. The first-order chi connectivity index (χ1) is 14.5. The van der Waals surface area contributed by atoms with E-state index in [0.717, 1.165) is 22.1 Å². The Labute approximate surface area is 192 Å². The molecule has 150 valence electrons. The van der Waals surface area contributed by atoms with Crippen molar-refractivity contribution in [1.29, 1.82) is 0 Å². The Morgan fingerprint density at radius 1 is 0.867 bits per heavy atom. The van der Waals surface area contributed by atoms with Crippen LogP contribution in [0.15, 0.2) is 72.1 Å². The van der Waals surface area contributed by atoms with Crippen LogP contribution in [-0.4, -0.2) is 10.9 Å². The minimum atomic E-state index is -0.261. The van der Waals surface area contributed by atoms with E-state index in [-0.39, 0.29) is 5.91 Å². The number of benzene rings is 3. The third-order valence-electron chi connectivity index (χ3n) is 4.20. The third-order valence-corrected chi connectivity index (χ3v) is 5.93. The molecule has 0 spiro atoms. The van der Waals surface area contributed by atoms with Gasteiger partial charge in [0.05, 0.1) is 15.7 Å². The fraction of sp³-hybridized carbons (Fsp3) is 0. The van der Waals surface area contributed by atoms with Gasteiger partial charge in [-0.3, -0.25) is 4.79 Å². The average Bonchev–Trinajstić information content (AvgIpc) is 3.19. The van der Waals surface area contributed by atoms with Crippen LogP contribution in [0.2, 0.25) is 15.1 Å². The van der Waals surface area contributed by atoms with Crippen molar-refractivity contribution < 1.29 is 4.79 Å². The molecule has 4 aromatic rings. The zero-order valence-electron chi connectivity index (χ0n) is 15.3. The highest BCUT2D eigenvalue weighted by molar-refractivity contribution is 7.14. The molecule has 0 aliphatic carbocycles. The molecule has 30 heavy (non-hydrogen) atoms. The van der Waals surface area contributed by atoms with Gasteiger partial charge in [-0.2, -0.15) is 0 Å². The summed E-state index contributed by atoms with van der Waals surface area (Å²) in [5.41, 5.74) is 3.76. The van der Waals surface area contributed by atoms with Crippen LogP contribution in [0.1, 0.15) is 10.4 Å². The molecular formula is C22H14Cl3N3OS. The van der Waals surface area contributed by atoms with Crippen LogP contribution >= 0.6 is 46.1 Å². The van der Waals surface area contributed by atoms with Gasteiger partial charge in [0.15, 0.2) is 5.13 Å². The van der Waals surface area contributed by atoms with Gasteiger partial charge in [0, 0.05) is 32.9 Å². The maximum Gasteiger partial charge on any atom is 0.255 e. The Morgan fingerprint density at radius 2 is 1.67 bits per heavy atom. The van der Waals surface area contributed by atoms with Crippen LogP contribution < -0.4 is 10.6 Å². The molecule has 3 aromatic carbocycles. The summed E-state index contributed by atoms with van der Waals surface area (Å²) in [5, 5.41) is 10.2. The predicted molar refractivity (Wildman–Crippen MR) is 127 cm³/mol. The molecule has 0 radical (unpaired) electrons. The fourth-order valence-electron chi connectivity index (χ4n) is 2.72. The summed E-state index contributed by atoms with van der Waals surface area (Å²) in [6.45, 7) is 0. The Hall–Kier alpha value is -2.57. The molecule has 1 amide bonds. The number of carbonyl (C=O) groups excluding carboxylic acids is 1. The van der Waals surface area contributed by atoms with Crippen LogP contribution in [0.25, 0.3) is 11.3 Å². The Bertz CT molecular complexity index is 1210. The van der Waals surface area contributed by atoms with Crippen LogP contribution in [0.3, 0.4) is 0 Å². The van der Waals surface area contributed by atoms with E-state index in [0.29, 0.717) is 26.3 Å². The van der Waals surface area contributed by atoms with Gasteiger partial charge in [0.1, 0.15) is 0 Å². The van der Waals surface area contributed by atoms with Gasteiger partial charge in [-0.05, 0) is 48.5 Å². The highest BCUT2D eigenvalue weighted by Gasteiger charge is 2.10. The minimum absolute atomic E-state index is 0.261. The zero-order chi connectivity index (χ0) is 21.1. The van der Waals surface area contributed by atoms with Crippen molar-refractivity contribution in [3.05, 3.63) is 92.7 Å². The van der Waals surface area contributed by atoms with Crippen LogP contribution in [0, 0.1) is 0 Å². The van der Waals surface area contributed by atoms with Crippen molar-refractivity contribution >= 4 is 68.6 Å². The maximum atomic E-state index is 12.4. The largest absolute Gasteiger partial charge is 0.331 e. The highest BCUT2D eigenvalue weighted by Crippen LogP contribution is 2.29. The minimum Gasteiger partial charge on any atom is -0.331 e. The smallest absolute Gasteiger partial charge is 0.255 e. The normalized spacial score (nSPS) is 10.6. The molecule has 0 aliphatic rings. The molecule has 8 heteroatoms. The van der Waals surface area contributed by atoms with E-state index in [4.69, 9.17) is 34.8 Å². The molecule has 0 saturated heterocycles. The number of thiazole rings is 1. The lowest BCUT2D eigenvalue weighted by molar-refractivity contribution is 0.102. The van der Waals surface area contributed by atoms with E-state index in [1.165, 1.54) is 17.4 Å². The summed E-state index contributed by atoms with van der Waals surface area (Å²) >= 11 is 19.4. The number of aromatic nitrogens is 1. The fourth-order valence-corrected chi connectivity index (χ4v) is 3.95. The highest BCUT2D eigenvalue weighted by atomic mass is 35.5. The molecule has 0 fully saturated rings. The van der Waals surface area contributed by atoms with E-state index < -0.39 is 0 Å². The number of rotatable bonds is 5. The molecule has 4 nitrogen and oxygen atoms in total. The number of nitrogens with one attached hydrogen (secondary N) is 2. The molecule has 1 aromatic heterocycles. The van der Waals surface area contributed by atoms with E-state index in [2.05, 4.69) is 15.6 Å². The SMILES string of the molecule is O=C(Nc1ccc(-c2csc(Nc3cccc(Cl)c3)n2)cc1)c1ccc(Cl)c(Cl)c1. The molecule has 1 heterocycles. The lowest BCUT2D eigenvalue weighted by atomic mass is 10.1. The first-order valence-corrected chi connectivity index (χ1v) is 10.8. The summed E-state index contributed by atoms with van der Waals surface area (Å²) in [6, 6.07) is 19.7. The molecule has 0 unspecified atom stereocenters. The Morgan fingerprint density at radius 3 is 2.40 bits per heavy atom. The summed E-state index contributed by atoms with van der Waals surface area (Å²) in [5.74, 6) is -0.261.